The van der Waals surface area contributed by atoms with Gasteiger partial charge in [0.15, 0.2) is 0 Å². The first-order chi connectivity index (χ1) is 6.83. The lowest BCUT2D eigenvalue weighted by Gasteiger charge is -2.54. The van der Waals surface area contributed by atoms with E-state index in [-0.39, 0.29) is 11.3 Å². The summed E-state index contributed by atoms with van der Waals surface area (Å²) in [6.07, 6.45) is 3.42. The molecule has 1 N–H and O–H groups in total. The quantitative estimate of drug-likeness (QED) is 0.653. The van der Waals surface area contributed by atoms with Crippen molar-refractivity contribution in [1.29, 1.82) is 0 Å². The second-order valence-corrected chi connectivity index (χ2v) is 5.83. The second kappa shape index (κ2) is 3.37. The van der Waals surface area contributed by atoms with Crippen LogP contribution in [0.25, 0.3) is 0 Å². The van der Waals surface area contributed by atoms with Gasteiger partial charge >= 0.3 is 0 Å². The normalized spacial score (nSPS) is 34.3. The fraction of sp³-hybridized carbons (Fsp3) is 1.00. The van der Waals surface area contributed by atoms with Crippen LogP contribution in [0.1, 0.15) is 19.3 Å². The maximum Gasteiger partial charge on any atom is 0.121 e. The van der Waals surface area contributed by atoms with Crippen LogP contribution in [0.2, 0.25) is 0 Å². The number of nitrogens with one attached hydrogen (secondary N) is 1. The van der Waals surface area contributed by atoms with Crippen LogP contribution in [0.4, 0.5) is 0 Å². The van der Waals surface area contributed by atoms with E-state index in [0.29, 0.717) is 0 Å². The van der Waals surface area contributed by atoms with Crippen LogP contribution >= 0.6 is 11.8 Å². The minimum Gasteiger partial charge on any atom is -0.377 e. The predicted octanol–water partition coefficient (Wildman–Crippen LogP) is 0.989. The van der Waals surface area contributed by atoms with Crippen molar-refractivity contribution in [3.63, 3.8) is 0 Å². The van der Waals surface area contributed by atoms with E-state index in [9.17, 15) is 0 Å². The number of thioether (sulfide) groups is 1. The number of hydrogen-bond donors (Lipinski definition) is 1. The molecule has 80 valence electrons. The Labute approximate surface area is 88.9 Å². The summed E-state index contributed by atoms with van der Waals surface area (Å²) in [5.41, 5.74) is 0.257. The average Bonchev–Trinajstić information content (AvgIpc) is 2.17. The highest BCUT2D eigenvalue weighted by molar-refractivity contribution is 7.99. The Balaban J connectivity index is 1.73. The molecule has 3 heterocycles. The van der Waals surface area contributed by atoms with Crippen molar-refractivity contribution in [3.8, 4) is 0 Å². The molecule has 3 nitrogen and oxygen atoms in total. The van der Waals surface area contributed by atoms with Crippen molar-refractivity contribution >= 4 is 11.8 Å². The van der Waals surface area contributed by atoms with Crippen LogP contribution in [0.5, 0.6) is 0 Å². The van der Waals surface area contributed by atoms with Crippen LogP contribution < -0.4 is 5.32 Å². The van der Waals surface area contributed by atoms with Gasteiger partial charge in [0.25, 0.3) is 0 Å². The van der Waals surface area contributed by atoms with Crippen LogP contribution in [0.3, 0.4) is 0 Å². The third kappa shape index (κ3) is 1.48. The molecule has 0 aromatic heterocycles. The Kier molecular flexibility index (Phi) is 2.28. The zero-order chi connectivity index (χ0) is 9.49. The standard InChI is InChI=1S/C10H17NO2S/c1-4-13-10(2-5-14-6-3-10)11-9(1)7-12-8-9/h11H,1-8H2. The van der Waals surface area contributed by atoms with E-state index in [2.05, 4.69) is 5.32 Å². The summed E-state index contributed by atoms with van der Waals surface area (Å²) in [6, 6.07) is 0. The lowest BCUT2D eigenvalue weighted by molar-refractivity contribution is -0.198. The van der Waals surface area contributed by atoms with Gasteiger partial charge in [-0.2, -0.15) is 11.8 Å². The molecule has 0 aromatic rings. The molecule has 0 aliphatic carbocycles. The molecular weight excluding hydrogens is 198 g/mol. The van der Waals surface area contributed by atoms with Crippen molar-refractivity contribution < 1.29 is 9.47 Å². The summed E-state index contributed by atoms with van der Waals surface area (Å²) in [6.45, 7) is 2.66. The summed E-state index contributed by atoms with van der Waals surface area (Å²) in [4.78, 5) is 0. The van der Waals surface area contributed by atoms with E-state index in [0.717, 1.165) is 39.1 Å². The molecule has 0 bridgehead atoms. The monoisotopic (exact) mass is 215 g/mol. The Hall–Kier alpha value is 0.230. The van der Waals surface area contributed by atoms with Crippen LogP contribution in [0.15, 0.2) is 0 Å². The summed E-state index contributed by atoms with van der Waals surface area (Å²) in [7, 11) is 0. The number of ether oxygens (including phenoxy) is 2. The maximum atomic E-state index is 5.96. The zero-order valence-corrected chi connectivity index (χ0v) is 9.20. The Morgan fingerprint density at radius 2 is 1.86 bits per heavy atom. The molecule has 0 radical (unpaired) electrons. The van der Waals surface area contributed by atoms with Gasteiger partial charge in [-0.05, 0) is 30.8 Å². The van der Waals surface area contributed by atoms with E-state index in [4.69, 9.17) is 9.47 Å². The molecule has 3 fully saturated rings. The molecule has 3 rings (SSSR count). The fourth-order valence-corrected chi connectivity index (χ4v) is 3.71. The molecule has 3 saturated heterocycles. The molecule has 2 spiro atoms. The van der Waals surface area contributed by atoms with Crippen LogP contribution in [0, 0.1) is 0 Å². The third-order valence-corrected chi connectivity index (χ3v) is 4.49. The van der Waals surface area contributed by atoms with E-state index in [1.165, 1.54) is 11.5 Å². The first-order valence-electron chi connectivity index (χ1n) is 5.42. The molecule has 0 amide bonds. The molecule has 0 saturated carbocycles. The highest BCUT2D eigenvalue weighted by atomic mass is 32.2. The summed E-state index contributed by atoms with van der Waals surface area (Å²) >= 11 is 2.04. The molecule has 3 aliphatic rings. The molecule has 0 atom stereocenters. The van der Waals surface area contributed by atoms with Gasteiger partial charge in [-0.3, -0.25) is 5.32 Å². The smallest absolute Gasteiger partial charge is 0.121 e. The fourth-order valence-electron chi connectivity index (χ4n) is 2.56. The lowest BCUT2D eigenvalue weighted by Crippen LogP contribution is -2.72. The Bertz CT molecular complexity index is 219. The topological polar surface area (TPSA) is 30.5 Å². The first kappa shape index (κ1) is 9.46. The van der Waals surface area contributed by atoms with Gasteiger partial charge in [0.05, 0.1) is 25.4 Å². The predicted molar refractivity (Wildman–Crippen MR) is 56.5 cm³/mol. The van der Waals surface area contributed by atoms with Gasteiger partial charge in [0.2, 0.25) is 0 Å². The van der Waals surface area contributed by atoms with Gasteiger partial charge in [-0.1, -0.05) is 0 Å². The van der Waals surface area contributed by atoms with E-state index >= 15 is 0 Å². The molecule has 3 aliphatic heterocycles. The molecular formula is C10H17NO2S. The van der Waals surface area contributed by atoms with Gasteiger partial charge in [0.1, 0.15) is 5.72 Å². The van der Waals surface area contributed by atoms with Gasteiger partial charge in [0, 0.05) is 0 Å². The van der Waals surface area contributed by atoms with Crippen LogP contribution in [-0.4, -0.2) is 42.6 Å². The minimum atomic E-state index is -0.00667. The van der Waals surface area contributed by atoms with Crippen molar-refractivity contribution in [2.75, 3.05) is 31.3 Å². The Morgan fingerprint density at radius 1 is 1.07 bits per heavy atom. The Morgan fingerprint density at radius 3 is 2.50 bits per heavy atom. The van der Waals surface area contributed by atoms with Crippen molar-refractivity contribution in [2.24, 2.45) is 0 Å². The van der Waals surface area contributed by atoms with Crippen LogP contribution in [-0.2, 0) is 9.47 Å². The first-order valence-corrected chi connectivity index (χ1v) is 6.57. The second-order valence-electron chi connectivity index (χ2n) is 4.60. The van der Waals surface area contributed by atoms with Gasteiger partial charge < -0.3 is 9.47 Å². The average molecular weight is 215 g/mol. The highest BCUT2D eigenvalue weighted by Crippen LogP contribution is 2.36. The maximum absolute atomic E-state index is 5.96. The summed E-state index contributed by atoms with van der Waals surface area (Å²) in [5.74, 6) is 2.45. The van der Waals surface area contributed by atoms with Gasteiger partial charge in [-0.15, -0.1) is 0 Å². The summed E-state index contributed by atoms with van der Waals surface area (Å²) in [5, 5.41) is 3.72. The largest absolute Gasteiger partial charge is 0.377 e. The van der Waals surface area contributed by atoms with E-state index in [1.807, 2.05) is 11.8 Å². The SMILES string of the molecule is C1CC2(COC2)NC2(CCSCC2)O1. The summed E-state index contributed by atoms with van der Waals surface area (Å²) < 4.78 is 11.3. The number of hydrogen-bond acceptors (Lipinski definition) is 4. The molecule has 0 aromatic carbocycles. The lowest BCUT2D eigenvalue weighted by atomic mass is 9.88. The van der Waals surface area contributed by atoms with Crippen molar-refractivity contribution in [3.05, 3.63) is 0 Å². The number of rotatable bonds is 0. The molecule has 4 heteroatoms. The van der Waals surface area contributed by atoms with E-state index < -0.39 is 0 Å². The van der Waals surface area contributed by atoms with Crippen molar-refractivity contribution in [2.45, 2.75) is 30.5 Å². The van der Waals surface area contributed by atoms with Gasteiger partial charge in [-0.25, -0.2) is 0 Å². The minimum absolute atomic E-state index is 0.00667. The zero-order valence-electron chi connectivity index (χ0n) is 8.38. The molecule has 0 unspecified atom stereocenters. The third-order valence-electron chi connectivity index (χ3n) is 3.51. The van der Waals surface area contributed by atoms with Crippen molar-refractivity contribution in [1.82, 2.24) is 5.32 Å². The van der Waals surface area contributed by atoms with E-state index in [1.54, 1.807) is 0 Å². The highest BCUT2D eigenvalue weighted by Gasteiger charge is 2.49. The molecule has 14 heavy (non-hydrogen) atoms.